The Morgan fingerprint density at radius 1 is 1.07 bits per heavy atom. The molecule has 0 aliphatic carbocycles. The summed E-state index contributed by atoms with van der Waals surface area (Å²) in [6, 6.07) is 13.3. The van der Waals surface area contributed by atoms with Crippen LogP contribution in [0.2, 0.25) is 0 Å². The lowest BCUT2D eigenvalue weighted by molar-refractivity contribution is 0.353. The molecule has 3 aromatic rings. The summed E-state index contributed by atoms with van der Waals surface area (Å²) in [7, 11) is 3.28. The molecule has 0 unspecified atom stereocenters. The van der Waals surface area contributed by atoms with Crippen LogP contribution in [0.4, 0.5) is 17.5 Å². The molecule has 1 N–H and O–H groups in total. The van der Waals surface area contributed by atoms with Crippen LogP contribution in [0, 0.1) is 11.3 Å². The monoisotopic (exact) mass is 388 g/mol. The number of ether oxygens (including phenoxy) is 2. The second-order valence-corrected chi connectivity index (χ2v) is 6.60. The molecule has 0 radical (unpaired) electrons. The van der Waals surface area contributed by atoms with Crippen molar-refractivity contribution in [2.75, 3.05) is 31.0 Å². The number of hydrogen-bond donors (Lipinski definition) is 1. The van der Waals surface area contributed by atoms with Crippen LogP contribution in [0.15, 0.2) is 42.6 Å². The highest BCUT2D eigenvalue weighted by Gasteiger charge is 2.21. The van der Waals surface area contributed by atoms with Crippen molar-refractivity contribution < 1.29 is 9.47 Å². The minimum Gasteiger partial charge on any atom is -0.493 e. The van der Waals surface area contributed by atoms with Crippen LogP contribution in [0.25, 0.3) is 0 Å². The van der Waals surface area contributed by atoms with Gasteiger partial charge in [-0.1, -0.05) is 0 Å². The van der Waals surface area contributed by atoms with E-state index in [1.54, 1.807) is 32.5 Å². The summed E-state index contributed by atoms with van der Waals surface area (Å²) in [5.74, 6) is 2.61. The summed E-state index contributed by atoms with van der Waals surface area (Å²) >= 11 is 0. The highest BCUT2D eigenvalue weighted by atomic mass is 16.5. The minimum atomic E-state index is 0.559. The van der Waals surface area contributed by atoms with Crippen LogP contribution in [0.3, 0.4) is 0 Å². The molecule has 1 aliphatic rings. The number of anilines is 3. The van der Waals surface area contributed by atoms with E-state index < -0.39 is 0 Å². The van der Waals surface area contributed by atoms with Gasteiger partial charge >= 0.3 is 0 Å². The Labute approximate surface area is 168 Å². The van der Waals surface area contributed by atoms with Gasteiger partial charge in [0.1, 0.15) is 0 Å². The molecule has 0 saturated heterocycles. The first-order valence-electron chi connectivity index (χ1n) is 9.16. The van der Waals surface area contributed by atoms with Crippen molar-refractivity contribution in [2.45, 2.75) is 13.0 Å². The summed E-state index contributed by atoms with van der Waals surface area (Å²) in [4.78, 5) is 6.69. The molecule has 4 rings (SSSR count). The average molecular weight is 388 g/mol. The lowest BCUT2D eigenvalue weighted by Gasteiger charge is -2.29. The molecule has 146 valence electrons. The molecule has 8 nitrogen and oxygen atoms in total. The molecule has 2 heterocycles. The van der Waals surface area contributed by atoms with Crippen molar-refractivity contribution in [3.8, 4) is 17.6 Å². The van der Waals surface area contributed by atoms with Crippen molar-refractivity contribution in [3.05, 3.63) is 59.3 Å². The van der Waals surface area contributed by atoms with E-state index in [9.17, 15) is 0 Å². The van der Waals surface area contributed by atoms with Crippen molar-refractivity contribution >= 4 is 17.5 Å². The largest absolute Gasteiger partial charge is 0.493 e. The van der Waals surface area contributed by atoms with Crippen LogP contribution in [-0.4, -0.2) is 35.9 Å². The van der Waals surface area contributed by atoms with Crippen LogP contribution < -0.4 is 19.7 Å². The lowest BCUT2D eigenvalue weighted by Crippen LogP contribution is -2.32. The van der Waals surface area contributed by atoms with Gasteiger partial charge < -0.3 is 19.7 Å². The molecule has 8 heteroatoms. The topological polar surface area (TPSA) is 96.2 Å². The average Bonchev–Trinajstić information content (AvgIpc) is 2.78. The Balaban J connectivity index is 1.54. The number of nitrogens with one attached hydrogen (secondary N) is 1. The van der Waals surface area contributed by atoms with Crippen LogP contribution >= 0.6 is 0 Å². The number of benzene rings is 2. The van der Waals surface area contributed by atoms with Gasteiger partial charge in [-0.05, 0) is 53.9 Å². The third kappa shape index (κ3) is 3.89. The van der Waals surface area contributed by atoms with Gasteiger partial charge in [-0.3, -0.25) is 0 Å². The fraction of sp³-hybridized carbons (Fsp3) is 0.238. The van der Waals surface area contributed by atoms with Gasteiger partial charge in [-0.2, -0.15) is 15.3 Å². The van der Waals surface area contributed by atoms with Gasteiger partial charge in [0.15, 0.2) is 17.3 Å². The van der Waals surface area contributed by atoms with Crippen molar-refractivity contribution in [3.63, 3.8) is 0 Å². The maximum atomic E-state index is 8.91. The molecule has 0 spiro atoms. The molecule has 0 fully saturated rings. The van der Waals surface area contributed by atoms with Gasteiger partial charge in [-0.15, -0.1) is 5.10 Å². The summed E-state index contributed by atoms with van der Waals surface area (Å²) in [6.07, 6.45) is 2.43. The van der Waals surface area contributed by atoms with E-state index in [-0.39, 0.29) is 0 Å². The Bertz CT molecular complexity index is 1060. The van der Waals surface area contributed by atoms with E-state index in [0.717, 1.165) is 30.0 Å². The first-order chi connectivity index (χ1) is 14.2. The van der Waals surface area contributed by atoms with Crippen LogP contribution in [0.1, 0.15) is 16.7 Å². The van der Waals surface area contributed by atoms with E-state index in [0.29, 0.717) is 29.6 Å². The summed E-state index contributed by atoms with van der Waals surface area (Å²) in [5.41, 5.74) is 3.83. The van der Waals surface area contributed by atoms with Crippen LogP contribution in [0.5, 0.6) is 11.5 Å². The molecule has 29 heavy (non-hydrogen) atoms. The van der Waals surface area contributed by atoms with Gasteiger partial charge in [-0.25, -0.2) is 0 Å². The fourth-order valence-electron chi connectivity index (χ4n) is 3.32. The second kappa shape index (κ2) is 8.02. The smallest absolute Gasteiger partial charge is 0.247 e. The maximum absolute atomic E-state index is 8.91. The highest BCUT2D eigenvalue weighted by Crippen LogP contribution is 2.34. The number of methoxy groups -OCH3 is 2. The van der Waals surface area contributed by atoms with Crippen molar-refractivity contribution in [2.24, 2.45) is 0 Å². The third-order valence-electron chi connectivity index (χ3n) is 4.83. The number of aromatic nitrogens is 3. The number of fused-ring (bicyclic) bond motifs is 1. The van der Waals surface area contributed by atoms with E-state index in [1.165, 1.54) is 5.56 Å². The number of nitrogens with zero attached hydrogens (tertiary/aromatic N) is 5. The summed E-state index contributed by atoms with van der Waals surface area (Å²) in [5, 5.41) is 20.4. The van der Waals surface area contributed by atoms with Gasteiger partial charge in [0.25, 0.3) is 0 Å². The molecule has 0 atom stereocenters. The lowest BCUT2D eigenvalue weighted by atomic mass is 9.99. The summed E-state index contributed by atoms with van der Waals surface area (Å²) in [6.45, 7) is 1.45. The Morgan fingerprint density at radius 2 is 1.79 bits per heavy atom. The number of hydrogen-bond acceptors (Lipinski definition) is 8. The molecule has 1 aromatic heterocycles. The predicted molar refractivity (Wildman–Crippen MR) is 109 cm³/mol. The maximum Gasteiger partial charge on any atom is 0.247 e. The zero-order valence-corrected chi connectivity index (χ0v) is 16.2. The first-order valence-corrected chi connectivity index (χ1v) is 9.16. The Morgan fingerprint density at radius 3 is 2.48 bits per heavy atom. The van der Waals surface area contributed by atoms with Gasteiger partial charge in [0.05, 0.1) is 32.0 Å². The van der Waals surface area contributed by atoms with Crippen LogP contribution in [-0.2, 0) is 13.0 Å². The van der Waals surface area contributed by atoms with Gasteiger partial charge in [0, 0.05) is 18.8 Å². The molecular weight excluding hydrogens is 368 g/mol. The third-order valence-corrected chi connectivity index (χ3v) is 4.83. The normalized spacial score (nSPS) is 12.7. The molecule has 0 amide bonds. The second-order valence-electron chi connectivity index (χ2n) is 6.60. The van der Waals surface area contributed by atoms with Gasteiger partial charge in [0.2, 0.25) is 5.95 Å². The van der Waals surface area contributed by atoms with Crippen molar-refractivity contribution in [1.82, 2.24) is 15.2 Å². The van der Waals surface area contributed by atoms with E-state index >= 15 is 0 Å². The van der Waals surface area contributed by atoms with E-state index in [2.05, 4.69) is 31.5 Å². The molecule has 2 aromatic carbocycles. The molecular formula is C21H20N6O2. The minimum absolute atomic E-state index is 0.559. The van der Waals surface area contributed by atoms with E-state index in [4.69, 9.17) is 14.7 Å². The van der Waals surface area contributed by atoms with Crippen molar-refractivity contribution in [1.29, 1.82) is 5.26 Å². The quantitative estimate of drug-likeness (QED) is 0.712. The Kier molecular flexibility index (Phi) is 5.12. The zero-order valence-electron chi connectivity index (χ0n) is 16.2. The summed E-state index contributed by atoms with van der Waals surface area (Å²) < 4.78 is 10.8. The number of nitriles is 1. The predicted octanol–water partition coefficient (Wildman–Crippen LogP) is 3.07. The highest BCUT2D eigenvalue weighted by molar-refractivity contribution is 5.58. The molecule has 0 bridgehead atoms. The SMILES string of the molecule is COc1cc2c(cc1OC)CN(c1nncc(Nc3ccc(C#N)cc3)n1)CC2. The zero-order chi connectivity index (χ0) is 20.2. The molecule has 0 saturated carbocycles. The fourth-order valence-corrected chi connectivity index (χ4v) is 3.32. The number of rotatable bonds is 5. The first kappa shape index (κ1) is 18.5. The Hall–Kier alpha value is -3.86. The molecule has 1 aliphatic heterocycles. The van der Waals surface area contributed by atoms with E-state index in [1.807, 2.05) is 24.3 Å². The standard InChI is InChI=1S/C21H20N6O2/c1-28-18-9-15-7-8-27(13-16(15)10-19(18)29-2)21-25-20(12-23-26-21)24-17-5-3-14(11-22)4-6-17/h3-6,9-10,12H,7-8,13H2,1-2H3,(H,24,25,26).